The van der Waals surface area contributed by atoms with Gasteiger partial charge in [-0.05, 0) is 48.7 Å². The number of amides is 3. The van der Waals surface area contributed by atoms with E-state index in [4.69, 9.17) is 14.2 Å². The highest BCUT2D eigenvalue weighted by atomic mass is 16.7. The van der Waals surface area contributed by atoms with Gasteiger partial charge >= 0.3 is 0 Å². The highest BCUT2D eigenvalue weighted by Crippen LogP contribution is 2.35. The molecule has 0 atom stereocenters. The van der Waals surface area contributed by atoms with Gasteiger partial charge in [0.2, 0.25) is 18.6 Å². The van der Waals surface area contributed by atoms with E-state index in [9.17, 15) is 14.4 Å². The lowest BCUT2D eigenvalue weighted by Crippen LogP contribution is -2.33. The van der Waals surface area contributed by atoms with Crippen molar-refractivity contribution in [2.45, 2.75) is 38.3 Å². The molecule has 0 aromatic heterocycles. The SMILES string of the molecule is O=C1CCC(=O)N1CCOc1ccc(CN(C(=O)c2ccc3c(c2)OCO3)C2CC2)cc1. The van der Waals surface area contributed by atoms with Crippen molar-refractivity contribution in [3.63, 3.8) is 0 Å². The van der Waals surface area contributed by atoms with Gasteiger partial charge in [0, 0.05) is 31.0 Å². The van der Waals surface area contributed by atoms with Crippen molar-refractivity contribution in [1.29, 1.82) is 0 Å². The van der Waals surface area contributed by atoms with E-state index in [0.29, 0.717) is 29.4 Å². The lowest BCUT2D eigenvalue weighted by atomic mass is 10.1. The standard InChI is InChI=1S/C24H24N2O6/c27-22-9-10-23(28)25(22)11-12-30-19-6-1-16(2-7-19)14-26(18-4-5-18)24(29)17-3-8-20-21(13-17)32-15-31-20/h1-3,6-8,13,18H,4-5,9-12,14-15H2. The molecule has 1 saturated carbocycles. The van der Waals surface area contributed by atoms with Gasteiger partial charge in [0.05, 0.1) is 6.54 Å². The first kappa shape index (κ1) is 20.4. The summed E-state index contributed by atoms with van der Waals surface area (Å²) in [6, 6.07) is 13.1. The summed E-state index contributed by atoms with van der Waals surface area (Å²) >= 11 is 0. The maximum absolute atomic E-state index is 13.2. The van der Waals surface area contributed by atoms with Crippen LogP contribution >= 0.6 is 0 Å². The third-order valence-corrected chi connectivity index (χ3v) is 5.88. The molecule has 1 saturated heterocycles. The van der Waals surface area contributed by atoms with E-state index >= 15 is 0 Å². The van der Waals surface area contributed by atoms with Crippen molar-refractivity contribution >= 4 is 17.7 Å². The van der Waals surface area contributed by atoms with Crippen LogP contribution in [0.5, 0.6) is 17.2 Å². The second-order valence-corrected chi connectivity index (χ2v) is 8.16. The van der Waals surface area contributed by atoms with Gasteiger partial charge in [-0.3, -0.25) is 19.3 Å². The van der Waals surface area contributed by atoms with Crippen molar-refractivity contribution in [1.82, 2.24) is 9.80 Å². The highest BCUT2D eigenvalue weighted by Gasteiger charge is 2.33. The molecule has 1 aliphatic carbocycles. The molecule has 8 nitrogen and oxygen atoms in total. The maximum atomic E-state index is 13.2. The molecule has 2 aromatic carbocycles. The lowest BCUT2D eigenvalue weighted by molar-refractivity contribution is -0.138. The van der Waals surface area contributed by atoms with Gasteiger partial charge in [0.15, 0.2) is 11.5 Å². The van der Waals surface area contributed by atoms with Gasteiger partial charge < -0.3 is 19.1 Å². The van der Waals surface area contributed by atoms with Crippen LogP contribution < -0.4 is 14.2 Å². The molecule has 0 bridgehead atoms. The van der Waals surface area contributed by atoms with Crippen LogP contribution in [-0.4, -0.2) is 53.5 Å². The summed E-state index contributed by atoms with van der Waals surface area (Å²) in [6.07, 6.45) is 2.59. The molecule has 3 amide bonds. The Hall–Kier alpha value is -3.55. The first-order valence-electron chi connectivity index (χ1n) is 10.8. The molecule has 0 unspecified atom stereocenters. The summed E-state index contributed by atoms with van der Waals surface area (Å²) < 4.78 is 16.4. The lowest BCUT2D eigenvalue weighted by Gasteiger charge is -2.23. The van der Waals surface area contributed by atoms with E-state index in [1.54, 1.807) is 18.2 Å². The third-order valence-electron chi connectivity index (χ3n) is 5.88. The number of carbonyl (C=O) groups is 3. The summed E-state index contributed by atoms with van der Waals surface area (Å²) in [5.41, 5.74) is 1.59. The fourth-order valence-corrected chi connectivity index (χ4v) is 3.96. The number of nitrogens with zero attached hydrogens (tertiary/aromatic N) is 2. The number of rotatable bonds is 8. The molecule has 2 heterocycles. The molecule has 8 heteroatoms. The van der Waals surface area contributed by atoms with Crippen molar-refractivity contribution in [3.8, 4) is 17.2 Å². The smallest absolute Gasteiger partial charge is 0.254 e. The molecule has 2 aliphatic heterocycles. The minimum absolute atomic E-state index is 0.0222. The Morgan fingerprint density at radius 1 is 1.00 bits per heavy atom. The normalized spacial score (nSPS) is 17.1. The van der Waals surface area contributed by atoms with Crippen LogP contribution in [0, 0.1) is 0 Å². The number of ether oxygens (including phenoxy) is 3. The predicted octanol–water partition coefficient (Wildman–Crippen LogP) is 2.75. The molecule has 5 rings (SSSR count). The molecule has 0 radical (unpaired) electrons. The molecule has 32 heavy (non-hydrogen) atoms. The highest BCUT2D eigenvalue weighted by molar-refractivity contribution is 6.01. The largest absolute Gasteiger partial charge is 0.492 e. The second-order valence-electron chi connectivity index (χ2n) is 8.16. The topological polar surface area (TPSA) is 85.4 Å². The summed E-state index contributed by atoms with van der Waals surface area (Å²) in [5, 5.41) is 0. The van der Waals surface area contributed by atoms with E-state index in [1.807, 2.05) is 29.2 Å². The van der Waals surface area contributed by atoms with Gasteiger partial charge in [-0.25, -0.2) is 0 Å². The van der Waals surface area contributed by atoms with E-state index < -0.39 is 0 Å². The minimum Gasteiger partial charge on any atom is -0.492 e. The monoisotopic (exact) mass is 436 g/mol. The Kier molecular flexibility index (Phi) is 5.43. The Labute approximate surface area is 185 Å². The average Bonchev–Trinajstić information content (AvgIpc) is 3.46. The zero-order chi connectivity index (χ0) is 22.1. The number of imide groups is 1. The zero-order valence-electron chi connectivity index (χ0n) is 17.6. The molecule has 3 aliphatic rings. The van der Waals surface area contributed by atoms with E-state index in [1.165, 1.54) is 4.90 Å². The van der Waals surface area contributed by atoms with Crippen LogP contribution in [0.25, 0.3) is 0 Å². The number of likely N-dealkylation sites (tertiary alicyclic amines) is 1. The Bertz CT molecular complexity index is 1030. The van der Waals surface area contributed by atoms with Crippen molar-refractivity contribution in [3.05, 3.63) is 53.6 Å². The molecular weight excluding hydrogens is 412 g/mol. The first-order valence-corrected chi connectivity index (χ1v) is 10.8. The van der Waals surface area contributed by atoms with Crippen LogP contribution in [-0.2, 0) is 16.1 Å². The van der Waals surface area contributed by atoms with Crippen LogP contribution in [0.2, 0.25) is 0 Å². The van der Waals surface area contributed by atoms with Crippen LogP contribution in [0.4, 0.5) is 0 Å². The van der Waals surface area contributed by atoms with E-state index in [2.05, 4.69) is 0 Å². The minimum atomic E-state index is -0.138. The fraction of sp³-hybridized carbons (Fsp3) is 0.375. The number of hydrogen-bond acceptors (Lipinski definition) is 6. The van der Waals surface area contributed by atoms with Gasteiger partial charge in [0.25, 0.3) is 5.91 Å². The number of benzene rings is 2. The second kappa shape index (κ2) is 8.53. The zero-order valence-corrected chi connectivity index (χ0v) is 17.6. The molecule has 2 fully saturated rings. The summed E-state index contributed by atoms with van der Waals surface area (Å²) in [5.74, 6) is 1.63. The van der Waals surface area contributed by atoms with Crippen molar-refractivity contribution < 1.29 is 28.6 Å². The Morgan fingerprint density at radius 2 is 1.72 bits per heavy atom. The molecule has 0 N–H and O–H groups in total. The van der Waals surface area contributed by atoms with Gasteiger partial charge in [-0.15, -0.1) is 0 Å². The summed E-state index contributed by atoms with van der Waals surface area (Å²) in [4.78, 5) is 39.6. The number of hydrogen-bond donors (Lipinski definition) is 0. The van der Waals surface area contributed by atoms with Crippen LogP contribution in [0.15, 0.2) is 42.5 Å². The van der Waals surface area contributed by atoms with Gasteiger partial charge in [-0.2, -0.15) is 0 Å². The number of fused-ring (bicyclic) bond motifs is 1. The first-order chi connectivity index (χ1) is 15.6. The summed E-state index contributed by atoms with van der Waals surface area (Å²) in [6.45, 7) is 1.21. The van der Waals surface area contributed by atoms with Gasteiger partial charge in [-0.1, -0.05) is 12.1 Å². The molecule has 166 valence electrons. The van der Waals surface area contributed by atoms with Gasteiger partial charge in [0.1, 0.15) is 12.4 Å². The average molecular weight is 436 g/mol. The Morgan fingerprint density at radius 3 is 2.44 bits per heavy atom. The molecule has 0 spiro atoms. The predicted molar refractivity (Wildman–Crippen MR) is 113 cm³/mol. The van der Waals surface area contributed by atoms with E-state index in [-0.39, 0.29) is 56.5 Å². The summed E-state index contributed by atoms with van der Waals surface area (Å²) in [7, 11) is 0. The van der Waals surface area contributed by atoms with Crippen LogP contribution in [0.1, 0.15) is 41.6 Å². The van der Waals surface area contributed by atoms with E-state index in [0.717, 1.165) is 18.4 Å². The molecule has 2 aromatic rings. The quantitative estimate of drug-likeness (QED) is 0.592. The number of carbonyl (C=O) groups excluding carboxylic acids is 3. The van der Waals surface area contributed by atoms with Crippen molar-refractivity contribution in [2.24, 2.45) is 0 Å². The third kappa shape index (κ3) is 4.26. The maximum Gasteiger partial charge on any atom is 0.254 e. The van der Waals surface area contributed by atoms with Crippen LogP contribution in [0.3, 0.4) is 0 Å². The van der Waals surface area contributed by atoms with Crippen molar-refractivity contribution in [2.75, 3.05) is 19.9 Å². The molecular formula is C24H24N2O6. The fourth-order valence-electron chi connectivity index (χ4n) is 3.96. The Balaban J connectivity index is 1.19.